The highest BCUT2D eigenvalue weighted by Gasteiger charge is 2.37. The van der Waals surface area contributed by atoms with Gasteiger partial charge in [0.05, 0.1) is 11.8 Å². The van der Waals surface area contributed by atoms with E-state index in [0.717, 1.165) is 5.69 Å². The van der Waals surface area contributed by atoms with Gasteiger partial charge in [0.2, 0.25) is 5.91 Å². The fourth-order valence-corrected chi connectivity index (χ4v) is 3.43. The molecular formula is C18H21FN2O3. The molecule has 1 fully saturated rings. The second kappa shape index (κ2) is 7.03. The van der Waals surface area contributed by atoms with Crippen molar-refractivity contribution in [2.45, 2.75) is 12.8 Å². The summed E-state index contributed by atoms with van der Waals surface area (Å²) >= 11 is 0. The van der Waals surface area contributed by atoms with Crippen LogP contribution in [0, 0.1) is 17.7 Å². The van der Waals surface area contributed by atoms with Crippen LogP contribution in [0.3, 0.4) is 0 Å². The molecular weight excluding hydrogens is 311 g/mol. The summed E-state index contributed by atoms with van der Waals surface area (Å²) in [6.45, 7) is 2.45. The van der Waals surface area contributed by atoms with Gasteiger partial charge in [0, 0.05) is 31.9 Å². The first kappa shape index (κ1) is 16.5. The van der Waals surface area contributed by atoms with E-state index in [1.165, 1.54) is 12.1 Å². The second-order valence-electron chi connectivity index (χ2n) is 6.28. The van der Waals surface area contributed by atoms with Crippen molar-refractivity contribution in [1.82, 2.24) is 4.90 Å². The Kier molecular flexibility index (Phi) is 4.83. The number of halogens is 1. The quantitative estimate of drug-likeness (QED) is 0.862. The zero-order chi connectivity index (χ0) is 17.1. The first-order chi connectivity index (χ1) is 11.6. The van der Waals surface area contributed by atoms with Gasteiger partial charge in [0.15, 0.2) is 0 Å². The van der Waals surface area contributed by atoms with Crippen LogP contribution in [0.25, 0.3) is 0 Å². The zero-order valence-corrected chi connectivity index (χ0v) is 13.4. The molecule has 3 rings (SSSR count). The van der Waals surface area contributed by atoms with E-state index in [2.05, 4.69) is 4.90 Å². The van der Waals surface area contributed by atoms with Gasteiger partial charge in [-0.25, -0.2) is 4.39 Å². The van der Waals surface area contributed by atoms with E-state index in [4.69, 9.17) is 0 Å². The van der Waals surface area contributed by atoms with Crippen molar-refractivity contribution >= 4 is 17.6 Å². The molecule has 1 heterocycles. The SMILES string of the molecule is O=C(O)[C@H]1CC=CC[C@@H]1C(=O)N1CCN(c2ccc(F)cc2)CC1. The molecule has 0 saturated carbocycles. The number of carboxylic acids is 1. The fraction of sp³-hybridized carbons (Fsp3) is 0.444. The number of benzene rings is 1. The number of rotatable bonds is 3. The van der Waals surface area contributed by atoms with Gasteiger partial charge in [0.1, 0.15) is 5.82 Å². The van der Waals surface area contributed by atoms with Crippen LogP contribution in [-0.2, 0) is 9.59 Å². The number of piperazine rings is 1. The molecule has 0 aromatic heterocycles. The summed E-state index contributed by atoms with van der Waals surface area (Å²) in [7, 11) is 0. The molecule has 0 radical (unpaired) electrons. The topological polar surface area (TPSA) is 60.9 Å². The van der Waals surface area contributed by atoms with Gasteiger partial charge < -0.3 is 14.9 Å². The summed E-state index contributed by atoms with van der Waals surface area (Å²) in [5.41, 5.74) is 0.938. The minimum Gasteiger partial charge on any atom is -0.481 e. The zero-order valence-electron chi connectivity index (χ0n) is 13.4. The maximum atomic E-state index is 13.0. The number of carbonyl (C=O) groups is 2. The summed E-state index contributed by atoms with van der Waals surface area (Å²) in [5.74, 6) is -2.33. The van der Waals surface area contributed by atoms with Gasteiger partial charge in [-0.3, -0.25) is 9.59 Å². The second-order valence-corrected chi connectivity index (χ2v) is 6.28. The van der Waals surface area contributed by atoms with E-state index in [-0.39, 0.29) is 11.7 Å². The molecule has 0 spiro atoms. The molecule has 5 nitrogen and oxygen atoms in total. The number of allylic oxidation sites excluding steroid dienone is 2. The van der Waals surface area contributed by atoms with Gasteiger partial charge >= 0.3 is 5.97 Å². The summed E-state index contributed by atoms with van der Waals surface area (Å²) in [4.78, 5) is 28.0. The smallest absolute Gasteiger partial charge is 0.307 e. The molecule has 1 saturated heterocycles. The van der Waals surface area contributed by atoms with Gasteiger partial charge in [0.25, 0.3) is 0 Å². The Hall–Kier alpha value is -2.37. The average molecular weight is 332 g/mol. The summed E-state index contributed by atoms with van der Waals surface area (Å²) in [6.07, 6.45) is 4.65. The lowest BCUT2D eigenvalue weighted by atomic mass is 9.82. The highest BCUT2D eigenvalue weighted by Crippen LogP contribution is 2.28. The van der Waals surface area contributed by atoms with E-state index < -0.39 is 17.8 Å². The Balaban J connectivity index is 1.61. The van der Waals surface area contributed by atoms with E-state index >= 15 is 0 Å². The van der Waals surface area contributed by atoms with Crippen LogP contribution in [0.2, 0.25) is 0 Å². The lowest BCUT2D eigenvalue weighted by Gasteiger charge is -2.38. The third-order valence-electron chi connectivity index (χ3n) is 4.85. The van der Waals surface area contributed by atoms with Gasteiger partial charge in [-0.1, -0.05) is 12.2 Å². The monoisotopic (exact) mass is 332 g/mol. The summed E-state index contributed by atoms with van der Waals surface area (Å²) in [6, 6.07) is 6.33. The van der Waals surface area contributed by atoms with Crippen molar-refractivity contribution in [3.63, 3.8) is 0 Å². The predicted molar refractivity (Wildman–Crippen MR) is 88.2 cm³/mol. The standard InChI is InChI=1S/C18H21FN2O3/c19-13-5-7-14(8-6-13)20-9-11-21(12-10-20)17(22)15-3-1-2-4-16(15)18(23)24/h1-2,5-8,15-16H,3-4,9-12H2,(H,23,24)/t15-,16-/m0/s1. The maximum absolute atomic E-state index is 13.0. The first-order valence-corrected chi connectivity index (χ1v) is 8.23. The van der Waals surface area contributed by atoms with Crippen LogP contribution in [0.4, 0.5) is 10.1 Å². The molecule has 2 aliphatic rings. The van der Waals surface area contributed by atoms with Gasteiger partial charge in [-0.05, 0) is 37.1 Å². The number of amides is 1. The van der Waals surface area contributed by atoms with Crippen LogP contribution in [0.5, 0.6) is 0 Å². The number of hydrogen-bond acceptors (Lipinski definition) is 3. The lowest BCUT2D eigenvalue weighted by molar-refractivity contribution is -0.150. The third kappa shape index (κ3) is 3.42. The molecule has 0 bridgehead atoms. The van der Waals surface area contributed by atoms with Crippen molar-refractivity contribution in [2.24, 2.45) is 11.8 Å². The molecule has 1 aromatic carbocycles. The number of carbonyl (C=O) groups excluding carboxylic acids is 1. The van der Waals surface area contributed by atoms with Gasteiger partial charge in [-0.2, -0.15) is 0 Å². The number of hydrogen-bond donors (Lipinski definition) is 1. The van der Waals surface area contributed by atoms with E-state index in [9.17, 15) is 19.1 Å². The van der Waals surface area contributed by atoms with Crippen LogP contribution < -0.4 is 4.90 Å². The van der Waals surface area contributed by atoms with Crippen molar-refractivity contribution < 1.29 is 19.1 Å². The Bertz CT molecular complexity index is 636. The van der Waals surface area contributed by atoms with Crippen molar-refractivity contribution in [3.8, 4) is 0 Å². The fourth-order valence-electron chi connectivity index (χ4n) is 3.43. The molecule has 1 aliphatic heterocycles. The Morgan fingerprint density at radius 1 is 0.958 bits per heavy atom. The Labute approximate surface area is 140 Å². The minimum atomic E-state index is -0.900. The van der Waals surface area contributed by atoms with E-state index in [0.29, 0.717) is 39.0 Å². The van der Waals surface area contributed by atoms with E-state index in [1.807, 2.05) is 12.2 Å². The lowest BCUT2D eigenvalue weighted by Crippen LogP contribution is -2.52. The number of aliphatic carboxylic acids is 1. The van der Waals surface area contributed by atoms with E-state index in [1.54, 1.807) is 17.0 Å². The molecule has 1 amide bonds. The van der Waals surface area contributed by atoms with Crippen molar-refractivity contribution in [2.75, 3.05) is 31.1 Å². The van der Waals surface area contributed by atoms with Crippen LogP contribution >= 0.6 is 0 Å². The minimum absolute atomic E-state index is 0.0643. The molecule has 0 unspecified atom stereocenters. The number of anilines is 1. The molecule has 2 atom stereocenters. The third-order valence-corrected chi connectivity index (χ3v) is 4.85. The molecule has 1 aromatic rings. The largest absolute Gasteiger partial charge is 0.481 e. The molecule has 1 N–H and O–H groups in total. The highest BCUT2D eigenvalue weighted by molar-refractivity contribution is 5.85. The highest BCUT2D eigenvalue weighted by atomic mass is 19.1. The van der Waals surface area contributed by atoms with Crippen LogP contribution in [0.1, 0.15) is 12.8 Å². The van der Waals surface area contributed by atoms with Crippen molar-refractivity contribution in [1.29, 1.82) is 0 Å². The molecule has 24 heavy (non-hydrogen) atoms. The first-order valence-electron chi connectivity index (χ1n) is 8.23. The average Bonchev–Trinajstić information content (AvgIpc) is 2.62. The normalized spacial score (nSPS) is 24.0. The summed E-state index contributed by atoms with van der Waals surface area (Å²) < 4.78 is 13.0. The number of nitrogens with zero attached hydrogens (tertiary/aromatic N) is 2. The van der Waals surface area contributed by atoms with Crippen LogP contribution in [-0.4, -0.2) is 48.1 Å². The maximum Gasteiger partial charge on any atom is 0.307 e. The Morgan fingerprint density at radius 2 is 1.54 bits per heavy atom. The Morgan fingerprint density at radius 3 is 2.12 bits per heavy atom. The van der Waals surface area contributed by atoms with Gasteiger partial charge in [-0.15, -0.1) is 0 Å². The molecule has 6 heteroatoms. The van der Waals surface area contributed by atoms with Crippen LogP contribution in [0.15, 0.2) is 36.4 Å². The molecule has 128 valence electrons. The van der Waals surface area contributed by atoms with Crippen molar-refractivity contribution in [3.05, 3.63) is 42.2 Å². The summed E-state index contributed by atoms with van der Waals surface area (Å²) in [5, 5.41) is 9.33. The molecule has 1 aliphatic carbocycles. The predicted octanol–water partition coefficient (Wildman–Crippen LogP) is 2.14. The number of carboxylic acid groups (broad SMARTS) is 1.